The Bertz CT molecular complexity index is 580. The quantitative estimate of drug-likeness (QED) is 0.202. The fourth-order valence-electron chi connectivity index (χ4n) is 4.36. The molecule has 146 valence electrons. The fraction of sp³-hybridized carbons (Fsp3) is 0.737. The summed E-state index contributed by atoms with van der Waals surface area (Å²) in [5.74, 6) is -1.82. The van der Waals surface area contributed by atoms with Crippen molar-refractivity contribution in [1.29, 1.82) is 0 Å². The van der Waals surface area contributed by atoms with Crippen LogP contribution in [-0.4, -0.2) is 55.7 Å². The lowest BCUT2D eigenvalue weighted by atomic mass is 9.79. The molecule has 6 nitrogen and oxygen atoms in total. The number of β-lactam (4-membered cyclic amide) rings is 1. The maximum Gasteiger partial charge on any atom is 0.337 e. The zero-order valence-electron chi connectivity index (χ0n) is 16.5. The summed E-state index contributed by atoms with van der Waals surface area (Å²) in [5, 5.41) is 0. The van der Waals surface area contributed by atoms with E-state index in [1.807, 2.05) is 6.92 Å². The maximum atomic E-state index is 12.8. The first kappa shape index (κ1) is 20.8. The Balaban J connectivity index is 2.16. The molecular weight excluding hydrogens is 350 g/mol. The summed E-state index contributed by atoms with van der Waals surface area (Å²) < 4.78 is 11.5. The number of hydrogen-bond donors (Lipinski definition) is 0. The third-order valence-corrected chi connectivity index (χ3v) is 10.9. The van der Waals surface area contributed by atoms with Gasteiger partial charge in [0.1, 0.15) is 6.61 Å². The zero-order chi connectivity index (χ0) is 19.6. The third-order valence-electron chi connectivity index (χ3n) is 6.18. The fourth-order valence-corrected chi connectivity index (χ4v) is 7.29. The van der Waals surface area contributed by atoms with Gasteiger partial charge in [0.05, 0.1) is 18.1 Å². The predicted molar refractivity (Wildman–Crippen MR) is 101 cm³/mol. The SMILES string of the molecule is C=CCOC(=O)C1C(=O)[C@H](C)[C@@H]2[C@@H]([C@@H](C)O[Si](CC)(CC)CC)C(=O)N12. The van der Waals surface area contributed by atoms with Crippen LogP contribution in [0, 0.1) is 11.8 Å². The molecular formula is C19H31NO5Si. The molecule has 1 amide bonds. The van der Waals surface area contributed by atoms with Gasteiger partial charge < -0.3 is 14.1 Å². The van der Waals surface area contributed by atoms with E-state index >= 15 is 0 Å². The molecule has 26 heavy (non-hydrogen) atoms. The van der Waals surface area contributed by atoms with Gasteiger partial charge in [0.25, 0.3) is 0 Å². The molecule has 2 rings (SSSR count). The lowest BCUT2D eigenvalue weighted by molar-refractivity contribution is -0.172. The van der Waals surface area contributed by atoms with Gasteiger partial charge in [-0.1, -0.05) is 40.3 Å². The molecule has 0 bridgehead atoms. The summed E-state index contributed by atoms with van der Waals surface area (Å²) >= 11 is 0. The molecule has 2 aliphatic heterocycles. The number of carbonyl (C=O) groups excluding carboxylic acids is 3. The van der Waals surface area contributed by atoms with Crippen LogP contribution < -0.4 is 0 Å². The smallest absolute Gasteiger partial charge is 0.337 e. The van der Waals surface area contributed by atoms with Gasteiger partial charge >= 0.3 is 5.97 Å². The van der Waals surface area contributed by atoms with Crippen molar-refractivity contribution in [3.05, 3.63) is 12.7 Å². The molecule has 0 spiro atoms. The molecule has 0 aromatic rings. The molecule has 2 heterocycles. The first-order valence-corrected chi connectivity index (χ1v) is 12.1. The van der Waals surface area contributed by atoms with Crippen LogP contribution in [0.2, 0.25) is 18.1 Å². The number of Topliss-reactive ketones (excluding diaryl/α,β-unsaturated/α-hetero) is 1. The van der Waals surface area contributed by atoms with Crippen molar-refractivity contribution in [3.8, 4) is 0 Å². The van der Waals surface area contributed by atoms with Gasteiger partial charge in [0.2, 0.25) is 5.91 Å². The van der Waals surface area contributed by atoms with E-state index in [-0.39, 0.29) is 42.3 Å². The first-order chi connectivity index (χ1) is 12.3. The number of esters is 1. The van der Waals surface area contributed by atoms with Gasteiger partial charge in [-0.2, -0.15) is 0 Å². The second-order valence-electron chi connectivity index (χ2n) is 7.34. The van der Waals surface area contributed by atoms with Crippen molar-refractivity contribution in [2.24, 2.45) is 11.8 Å². The number of nitrogens with zero attached hydrogens (tertiary/aromatic N) is 1. The molecule has 7 heteroatoms. The Morgan fingerprint density at radius 3 is 2.35 bits per heavy atom. The minimum absolute atomic E-state index is 0.0320. The average molecular weight is 382 g/mol. The number of carbonyl (C=O) groups is 3. The number of rotatable bonds is 9. The molecule has 0 N–H and O–H groups in total. The topological polar surface area (TPSA) is 72.9 Å². The Morgan fingerprint density at radius 1 is 1.27 bits per heavy atom. The molecule has 2 fully saturated rings. The number of ketones is 1. The van der Waals surface area contributed by atoms with Crippen LogP contribution in [0.1, 0.15) is 34.6 Å². The normalized spacial score (nSPS) is 29.2. The minimum atomic E-state index is -1.85. The van der Waals surface area contributed by atoms with Crippen molar-refractivity contribution in [1.82, 2.24) is 4.90 Å². The number of hydrogen-bond acceptors (Lipinski definition) is 5. The molecule has 0 radical (unpaired) electrons. The van der Waals surface area contributed by atoms with E-state index in [4.69, 9.17) is 9.16 Å². The van der Waals surface area contributed by atoms with Gasteiger partial charge in [-0.3, -0.25) is 9.59 Å². The van der Waals surface area contributed by atoms with Crippen LogP contribution in [0.4, 0.5) is 0 Å². The number of amides is 1. The van der Waals surface area contributed by atoms with Crippen LogP contribution in [0.3, 0.4) is 0 Å². The largest absolute Gasteiger partial charge is 0.460 e. The lowest BCUT2D eigenvalue weighted by Crippen LogP contribution is -2.67. The summed E-state index contributed by atoms with van der Waals surface area (Å²) in [4.78, 5) is 39.0. The third kappa shape index (κ3) is 3.27. The maximum absolute atomic E-state index is 12.8. The van der Waals surface area contributed by atoms with E-state index in [0.717, 1.165) is 18.1 Å². The highest BCUT2D eigenvalue weighted by atomic mass is 28.4. The summed E-state index contributed by atoms with van der Waals surface area (Å²) in [7, 11) is -1.85. The molecule has 1 unspecified atom stereocenters. The Hall–Kier alpha value is -1.47. The highest BCUT2D eigenvalue weighted by molar-refractivity contribution is 6.73. The van der Waals surface area contributed by atoms with E-state index in [1.54, 1.807) is 6.92 Å². The van der Waals surface area contributed by atoms with Gasteiger partial charge in [-0.05, 0) is 25.1 Å². The van der Waals surface area contributed by atoms with E-state index in [2.05, 4.69) is 27.4 Å². The second kappa shape index (κ2) is 8.04. The number of fused-ring (bicyclic) bond motifs is 1. The second-order valence-corrected chi connectivity index (χ2v) is 12.1. The van der Waals surface area contributed by atoms with Crippen molar-refractivity contribution in [2.75, 3.05) is 6.61 Å². The first-order valence-electron chi connectivity index (χ1n) is 9.59. The Labute approximate surface area is 157 Å². The van der Waals surface area contributed by atoms with Gasteiger partial charge in [0, 0.05) is 5.92 Å². The van der Waals surface area contributed by atoms with Gasteiger partial charge in [-0.25, -0.2) is 4.79 Å². The highest BCUT2D eigenvalue weighted by Gasteiger charge is 2.65. The highest BCUT2D eigenvalue weighted by Crippen LogP contribution is 2.44. The summed E-state index contributed by atoms with van der Waals surface area (Å²) in [6, 6.07) is 1.62. The zero-order valence-corrected chi connectivity index (χ0v) is 17.5. The lowest BCUT2D eigenvalue weighted by Gasteiger charge is -2.49. The van der Waals surface area contributed by atoms with Crippen LogP contribution >= 0.6 is 0 Å². The molecule has 5 atom stereocenters. The van der Waals surface area contributed by atoms with E-state index in [1.165, 1.54) is 11.0 Å². The van der Waals surface area contributed by atoms with Crippen LogP contribution in [-0.2, 0) is 23.5 Å². The average Bonchev–Trinajstić information content (AvgIpc) is 2.86. The summed E-state index contributed by atoms with van der Waals surface area (Å²) in [5.41, 5.74) is 0. The van der Waals surface area contributed by atoms with E-state index < -0.39 is 20.3 Å². The van der Waals surface area contributed by atoms with Crippen molar-refractivity contribution in [2.45, 2.75) is 70.9 Å². The van der Waals surface area contributed by atoms with Gasteiger partial charge in [-0.15, -0.1) is 0 Å². The van der Waals surface area contributed by atoms with E-state index in [9.17, 15) is 14.4 Å². The monoisotopic (exact) mass is 381 g/mol. The van der Waals surface area contributed by atoms with Crippen LogP contribution in [0.15, 0.2) is 12.7 Å². The Kier molecular flexibility index (Phi) is 6.45. The predicted octanol–water partition coefficient (Wildman–Crippen LogP) is 2.54. The molecule has 2 saturated heterocycles. The molecule has 0 aromatic carbocycles. The minimum Gasteiger partial charge on any atom is -0.460 e. The molecule has 0 aliphatic carbocycles. The van der Waals surface area contributed by atoms with E-state index in [0.29, 0.717) is 0 Å². The Morgan fingerprint density at radius 2 is 1.85 bits per heavy atom. The van der Waals surface area contributed by atoms with Crippen LogP contribution in [0.25, 0.3) is 0 Å². The molecule has 0 aromatic heterocycles. The molecule has 0 saturated carbocycles. The number of ether oxygens (including phenoxy) is 1. The van der Waals surface area contributed by atoms with Crippen molar-refractivity contribution < 1.29 is 23.5 Å². The van der Waals surface area contributed by atoms with Crippen LogP contribution in [0.5, 0.6) is 0 Å². The van der Waals surface area contributed by atoms with Crippen molar-refractivity contribution in [3.63, 3.8) is 0 Å². The van der Waals surface area contributed by atoms with Gasteiger partial charge in [0.15, 0.2) is 20.1 Å². The standard InChI is InChI=1S/C19H31NO5Si/c1-7-11-24-19(23)16-17(21)12(5)15-14(18(22)20(15)16)13(6)25-26(8-2,9-3)10-4/h7,12-16H,1,8-11H2,2-6H3/t12-,13-,14-,15-,16?/m1/s1. The van der Waals surface area contributed by atoms with Crippen molar-refractivity contribution >= 4 is 26.0 Å². The molecule has 2 aliphatic rings. The summed E-state index contributed by atoms with van der Waals surface area (Å²) in [6.07, 6.45) is 1.20. The summed E-state index contributed by atoms with van der Waals surface area (Å²) in [6.45, 7) is 13.7.